The molecular weight excluding hydrogens is 536 g/mol. The van der Waals surface area contributed by atoms with Gasteiger partial charge in [-0.05, 0) is 31.0 Å². The predicted molar refractivity (Wildman–Crippen MR) is 159 cm³/mol. The molecule has 1 fully saturated rings. The van der Waals surface area contributed by atoms with Crippen LogP contribution < -0.4 is 10.2 Å². The smallest absolute Gasteiger partial charge is 0.345 e. The summed E-state index contributed by atoms with van der Waals surface area (Å²) in [5, 5.41) is 22.7. The number of hydrogen-bond donors (Lipinski definition) is 2. The fraction of sp³-hybridized carbons (Fsp3) is 0.419. The number of carbonyl (C=O) groups excluding carboxylic acids is 3. The summed E-state index contributed by atoms with van der Waals surface area (Å²) in [5.74, 6) is -1.50. The Kier molecular flexibility index (Phi) is 8.11. The van der Waals surface area contributed by atoms with Crippen molar-refractivity contribution in [3.63, 3.8) is 0 Å². The summed E-state index contributed by atoms with van der Waals surface area (Å²) in [4.78, 5) is 53.3. The van der Waals surface area contributed by atoms with Crippen molar-refractivity contribution in [2.75, 3.05) is 23.3 Å². The summed E-state index contributed by atoms with van der Waals surface area (Å²) in [6, 6.07) is 12.1. The number of anilines is 2. The molecule has 3 aromatic rings. The summed E-state index contributed by atoms with van der Waals surface area (Å²) in [7, 11) is 0. The topological polar surface area (TPSA) is 137 Å². The molecule has 220 valence electrons. The second-order valence-corrected chi connectivity index (χ2v) is 11.9. The number of nitrogens with one attached hydrogen (secondary N) is 1. The highest BCUT2D eigenvalue weighted by Crippen LogP contribution is 2.34. The van der Waals surface area contributed by atoms with E-state index in [1.165, 1.54) is 20.8 Å². The lowest BCUT2D eigenvalue weighted by Gasteiger charge is -2.28. The third-order valence-corrected chi connectivity index (χ3v) is 7.82. The van der Waals surface area contributed by atoms with Gasteiger partial charge in [0.15, 0.2) is 5.78 Å². The molecule has 0 saturated heterocycles. The van der Waals surface area contributed by atoms with E-state index in [0.29, 0.717) is 22.3 Å². The van der Waals surface area contributed by atoms with Crippen molar-refractivity contribution in [2.45, 2.75) is 59.4 Å². The average molecular weight is 573 g/mol. The maximum Gasteiger partial charge on any atom is 0.345 e. The third kappa shape index (κ3) is 6.05. The van der Waals surface area contributed by atoms with E-state index < -0.39 is 23.3 Å². The van der Waals surface area contributed by atoms with Crippen molar-refractivity contribution in [3.8, 4) is 0 Å². The number of aromatic nitrogens is 2. The molecule has 42 heavy (non-hydrogen) atoms. The number of para-hydroxylation sites is 1. The van der Waals surface area contributed by atoms with Crippen molar-refractivity contribution < 1.29 is 24.3 Å². The van der Waals surface area contributed by atoms with Crippen LogP contribution in [0.5, 0.6) is 0 Å². The summed E-state index contributed by atoms with van der Waals surface area (Å²) < 4.78 is 1.34. The van der Waals surface area contributed by atoms with Crippen LogP contribution in [0.1, 0.15) is 58.4 Å². The number of aliphatic carboxylic acids is 1. The zero-order valence-corrected chi connectivity index (χ0v) is 24.2. The predicted octanol–water partition coefficient (Wildman–Crippen LogP) is 4.90. The molecule has 0 radical (unpaired) electrons. The molecule has 0 unspecified atom stereocenters. The minimum absolute atomic E-state index is 0.110. The zero-order valence-electron chi connectivity index (χ0n) is 24.2. The van der Waals surface area contributed by atoms with Crippen molar-refractivity contribution >= 4 is 51.7 Å². The molecule has 5 rings (SSSR count). The number of carbonyl (C=O) groups is 4. The monoisotopic (exact) mass is 572 g/mol. The van der Waals surface area contributed by atoms with Crippen LogP contribution in [0.25, 0.3) is 10.9 Å². The van der Waals surface area contributed by atoms with Gasteiger partial charge in [0.25, 0.3) is 0 Å². The van der Waals surface area contributed by atoms with E-state index in [0.717, 1.165) is 43.4 Å². The number of amides is 3. The first-order valence-electron chi connectivity index (χ1n) is 14.3. The molecule has 1 saturated carbocycles. The van der Waals surface area contributed by atoms with Crippen LogP contribution in [0.4, 0.5) is 16.2 Å². The van der Waals surface area contributed by atoms with Gasteiger partial charge >= 0.3 is 12.0 Å². The second-order valence-electron chi connectivity index (χ2n) is 11.9. The van der Waals surface area contributed by atoms with E-state index >= 15 is 0 Å². The summed E-state index contributed by atoms with van der Waals surface area (Å²) in [6.45, 7) is 4.62. The quantitative estimate of drug-likeness (QED) is 0.394. The number of hydrazone groups is 1. The number of urea groups is 1. The van der Waals surface area contributed by atoms with Crippen LogP contribution in [0.2, 0.25) is 0 Å². The van der Waals surface area contributed by atoms with Crippen molar-refractivity contribution in [2.24, 2.45) is 16.4 Å². The van der Waals surface area contributed by atoms with Crippen molar-refractivity contribution in [1.29, 1.82) is 0 Å². The van der Waals surface area contributed by atoms with Crippen LogP contribution in [0.3, 0.4) is 0 Å². The van der Waals surface area contributed by atoms with Gasteiger partial charge in [0.2, 0.25) is 5.91 Å². The third-order valence-electron chi connectivity index (χ3n) is 7.82. The molecule has 0 bridgehead atoms. The number of Topliss-reactive ketones (excluding diaryl/α,β-unsaturated/α-hetero) is 1. The van der Waals surface area contributed by atoms with Gasteiger partial charge in [-0.25, -0.2) is 9.80 Å². The van der Waals surface area contributed by atoms with E-state index in [4.69, 9.17) is 5.10 Å². The SMILES string of the molecule is CC(C)(C)C(=O)CN1C(=O)N(CC(=O)Nc2cccc3c2cnn3CC(=O)O)N=C(C2CCCCC2)c2ccccc21. The van der Waals surface area contributed by atoms with Crippen LogP contribution in [-0.4, -0.2) is 62.4 Å². The highest BCUT2D eigenvalue weighted by atomic mass is 16.4. The first-order chi connectivity index (χ1) is 20.0. The summed E-state index contributed by atoms with van der Waals surface area (Å²) in [6.07, 6.45) is 6.64. The van der Waals surface area contributed by atoms with Gasteiger partial charge in [0.1, 0.15) is 13.1 Å². The second kappa shape index (κ2) is 11.8. The van der Waals surface area contributed by atoms with Gasteiger partial charge in [-0.3, -0.25) is 24.0 Å². The number of hydrogen-bond acceptors (Lipinski definition) is 6. The van der Waals surface area contributed by atoms with Crippen LogP contribution in [0, 0.1) is 11.3 Å². The molecular formula is C31H36N6O5. The highest BCUT2D eigenvalue weighted by Gasteiger charge is 2.36. The number of benzene rings is 2. The van der Waals surface area contributed by atoms with Crippen LogP contribution in [0.15, 0.2) is 53.8 Å². The number of rotatable bonds is 8. The van der Waals surface area contributed by atoms with E-state index in [1.807, 2.05) is 45.0 Å². The van der Waals surface area contributed by atoms with Crippen molar-refractivity contribution in [1.82, 2.24) is 14.8 Å². The van der Waals surface area contributed by atoms with Gasteiger partial charge in [0, 0.05) is 22.3 Å². The largest absolute Gasteiger partial charge is 0.480 e. The molecule has 2 aliphatic rings. The first-order valence-corrected chi connectivity index (χ1v) is 14.3. The van der Waals surface area contributed by atoms with Gasteiger partial charge in [-0.15, -0.1) is 0 Å². The number of fused-ring (bicyclic) bond motifs is 2. The Hall–Kier alpha value is -4.54. The molecule has 1 aromatic heterocycles. The molecule has 1 aliphatic carbocycles. The molecule has 3 amide bonds. The Morgan fingerprint density at radius 1 is 0.976 bits per heavy atom. The Balaban J connectivity index is 1.48. The average Bonchev–Trinajstić information content (AvgIpc) is 3.32. The molecule has 2 N–H and O–H groups in total. The fourth-order valence-electron chi connectivity index (χ4n) is 5.50. The lowest BCUT2D eigenvalue weighted by atomic mass is 9.83. The van der Waals surface area contributed by atoms with E-state index in [2.05, 4.69) is 10.4 Å². The summed E-state index contributed by atoms with van der Waals surface area (Å²) in [5.41, 5.74) is 2.51. The number of nitrogens with zero attached hydrogens (tertiary/aromatic N) is 5. The van der Waals surface area contributed by atoms with Gasteiger partial charge in [-0.1, -0.05) is 64.3 Å². The van der Waals surface area contributed by atoms with E-state index in [9.17, 15) is 24.3 Å². The fourth-order valence-corrected chi connectivity index (χ4v) is 5.50. The first kappa shape index (κ1) is 29.0. The Morgan fingerprint density at radius 2 is 1.71 bits per heavy atom. The lowest BCUT2D eigenvalue weighted by Crippen LogP contribution is -2.47. The molecule has 0 atom stereocenters. The summed E-state index contributed by atoms with van der Waals surface area (Å²) >= 11 is 0. The number of carboxylic acid groups (broad SMARTS) is 1. The molecule has 2 heterocycles. The minimum Gasteiger partial charge on any atom is -0.480 e. The normalized spacial score (nSPS) is 16.2. The molecule has 2 aromatic carbocycles. The number of ketones is 1. The van der Waals surface area contributed by atoms with Crippen LogP contribution >= 0.6 is 0 Å². The minimum atomic E-state index is -1.03. The molecule has 11 heteroatoms. The lowest BCUT2D eigenvalue weighted by molar-refractivity contribution is -0.137. The van der Waals surface area contributed by atoms with E-state index in [1.54, 1.807) is 18.2 Å². The maximum atomic E-state index is 14.0. The molecule has 1 aliphatic heterocycles. The Bertz CT molecular complexity index is 1560. The highest BCUT2D eigenvalue weighted by molar-refractivity contribution is 6.13. The van der Waals surface area contributed by atoms with Gasteiger partial charge < -0.3 is 10.4 Å². The van der Waals surface area contributed by atoms with Crippen molar-refractivity contribution in [3.05, 3.63) is 54.2 Å². The molecule has 0 spiro atoms. The van der Waals surface area contributed by atoms with E-state index in [-0.39, 0.29) is 31.3 Å². The standard InChI is InChI=1S/C31H36N6O5/c1-31(2,3)26(38)17-35-24-14-8-7-12-21(24)29(20-10-5-4-6-11-20)34-37(30(35)42)18-27(39)33-23-13-9-15-25-22(23)16-32-36(25)19-28(40)41/h7-9,12-16,20H,4-6,10-11,17-19H2,1-3H3,(H,33,39)(H,40,41). The van der Waals surface area contributed by atoms with Gasteiger partial charge in [-0.2, -0.15) is 10.2 Å². The van der Waals surface area contributed by atoms with Crippen LogP contribution in [-0.2, 0) is 20.9 Å². The maximum absolute atomic E-state index is 14.0. The number of carboxylic acids is 1. The van der Waals surface area contributed by atoms with Gasteiger partial charge in [0.05, 0.1) is 35.3 Å². The zero-order chi connectivity index (χ0) is 30.0. The Labute approximate surface area is 244 Å². The Morgan fingerprint density at radius 3 is 2.43 bits per heavy atom. The molecule has 11 nitrogen and oxygen atoms in total.